The summed E-state index contributed by atoms with van der Waals surface area (Å²) in [5.74, 6) is -1.05. The van der Waals surface area contributed by atoms with Crippen LogP contribution in [-0.4, -0.2) is 51.2 Å². The second kappa shape index (κ2) is 9.25. The minimum Gasteiger partial charge on any atom is -0.389 e. The Morgan fingerprint density at radius 3 is 2.88 bits per heavy atom. The summed E-state index contributed by atoms with van der Waals surface area (Å²) >= 11 is 0. The van der Waals surface area contributed by atoms with Gasteiger partial charge in [0.25, 0.3) is 5.91 Å². The lowest BCUT2D eigenvalue weighted by atomic mass is 9.69. The second-order valence-electron chi connectivity index (χ2n) is 9.65. The van der Waals surface area contributed by atoms with Gasteiger partial charge in [-0.25, -0.2) is 4.39 Å². The van der Waals surface area contributed by atoms with Gasteiger partial charge in [-0.15, -0.1) is 0 Å². The fourth-order valence-corrected chi connectivity index (χ4v) is 5.23. The zero-order valence-corrected chi connectivity index (χ0v) is 18.8. The number of pyridine rings is 1. The maximum atomic E-state index is 15.2. The molecule has 1 aromatic heterocycles. The van der Waals surface area contributed by atoms with Crippen LogP contribution in [-0.2, 0) is 6.54 Å². The lowest BCUT2D eigenvalue weighted by Gasteiger charge is -2.44. The molecular weight excluding hydrogens is 407 g/mol. The third-order valence-corrected chi connectivity index (χ3v) is 7.16. The highest BCUT2D eigenvalue weighted by Gasteiger charge is 2.44. The molecule has 2 heterocycles. The minimum atomic E-state index is -1.17. The summed E-state index contributed by atoms with van der Waals surface area (Å²) in [5.41, 5.74) is 6.99. The smallest absolute Gasteiger partial charge is 0.253 e. The molecule has 1 saturated heterocycles. The van der Waals surface area contributed by atoms with Crippen molar-refractivity contribution in [2.24, 2.45) is 5.73 Å². The number of nitrogens with zero attached hydrogens (tertiary/aromatic N) is 2. The Kier molecular flexibility index (Phi) is 6.60. The number of likely N-dealkylation sites (tertiary alicyclic amines) is 1. The van der Waals surface area contributed by atoms with E-state index in [0.717, 1.165) is 18.7 Å². The Labute approximate surface area is 189 Å². The largest absolute Gasteiger partial charge is 0.389 e. The van der Waals surface area contributed by atoms with Crippen molar-refractivity contribution in [1.82, 2.24) is 15.2 Å². The SMILES string of the molecule is C[C@@H]1CCCN1Cc1ccc([C@H]2C[C@@H](NC(=O)c3cccnc3)[C@H](N)C[C@@]2(C)O)c(F)c1. The molecule has 32 heavy (non-hydrogen) atoms. The van der Waals surface area contributed by atoms with E-state index in [9.17, 15) is 9.90 Å². The predicted molar refractivity (Wildman–Crippen MR) is 122 cm³/mol. The summed E-state index contributed by atoms with van der Waals surface area (Å²) in [6, 6.07) is 8.43. The van der Waals surface area contributed by atoms with Crippen molar-refractivity contribution in [1.29, 1.82) is 0 Å². The molecule has 1 aromatic carbocycles. The fourth-order valence-electron chi connectivity index (χ4n) is 5.23. The quantitative estimate of drug-likeness (QED) is 0.665. The first-order chi connectivity index (χ1) is 15.2. The van der Waals surface area contributed by atoms with Crippen molar-refractivity contribution in [3.8, 4) is 0 Å². The normalized spacial score (nSPS) is 30.9. The first kappa shape index (κ1) is 22.8. The van der Waals surface area contributed by atoms with Crippen molar-refractivity contribution in [2.45, 2.75) is 75.7 Å². The Hall–Kier alpha value is -2.35. The molecule has 4 rings (SSSR count). The van der Waals surface area contributed by atoms with Crippen LogP contribution in [0, 0.1) is 5.82 Å². The summed E-state index contributed by atoms with van der Waals surface area (Å²) in [6.07, 6.45) is 6.09. The number of aromatic nitrogens is 1. The third kappa shape index (κ3) is 4.85. The van der Waals surface area contributed by atoms with Crippen molar-refractivity contribution in [3.63, 3.8) is 0 Å². The number of rotatable bonds is 5. The van der Waals surface area contributed by atoms with Crippen LogP contribution in [0.25, 0.3) is 0 Å². The molecule has 6 nitrogen and oxygen atoms in total. The number of carbonyl (C=O) groups excluding carboxylic acids is 1. The highest BCUT2D eigenvalue weighted by atomic mass is 19.1. The van der Waals surface area contributed by atoms with Crippen LogP contribution in [0.5, 0.6) is 0 Å². The predicted octanol–water partition coefficient (Wildman–Crippen LogP) is 2.96. The maximum absolute atomic E-state index is 15.2. The first-order valence-electron chi connectivity index (χ1n) is 11.5. The molecule has 0 unspecified atom stereocenters. The van der Waals surface area contributed by atoms with Crippen LogP contribution in [0.15, 0.2) is 42.7 Å². The van der Waals surface area contributed by atoms with Gasteiger partial charge in [-0.1, -0.05) is 12.1 Å². The molecule has 0 radical (unpaired) electrons. The van der Waals surface area contributed by atoms with Gasteiger partial charge >= 0.3 is 0 Å². The third-order valence-electron chi connectivity index (χ3n) is 7.16. The Morgan fingerprint density at radius 1 is 1.41 bits per heavy atom. The lowest BCUT2D eigenvalue weighted by molar-refractivity contribution is -0.0159. The number of nitrogens with one attached hydrogen (secondary N) is 1. The topological polar surface area (TPSA) is 91.5 Å². The zero-order valence-electron chi connectivity index (χ0n) is 18.8. The summed E-state index contributed by atoms with van der Waals surface area (Å²) in [5, 5.41) is 14.1. The highest BCUT2D eigenvalue weighted by molar-refractivity contribution is 5.94. The van der Waals surface area contributed by atoms with Gasteiger partial charge < -0.3 is 16.2 Å². The molecule has 2 fully saturated rings. The van der Waals surface area contributed by atoms with E-state index < -0.39 is 17.6 Å². The van der Waals surface area contributed by atoms with Crippen molar-refractivity contribution < 1.29 is 14.3 Å². The average molecular weight is 441 g/mol. The molecule has 1 saturated carbocycles. The number of halogens is 1. The number of hydrogen-bond donors (Lipinski definition) is 3. The van der Waals surface area contributed by atoms with Crippen LogP contribution in [0.2, 0.25) is 0 Å². The van der Waals surface area contributed by atoms with Crippen LogP contribution in [0.3, 0.4) is 0 Å². The van der Waals surface area contributed by atoms with Crippen molar-refractivity contribution in [2.75, 3.05) is 6.54 Å². The molecule has 7 heteroatoms. The summed E-state index contributed by atoms with van der Waals surface area (Å²) in [7, 11) is 0. The molecule has 0 spiro atoms. The van der Waals surface area contributed by atoms with Gasteiger partial charge in [-0.2, -0.15) is 0 Å². The molecule has 2 aromatic rings. The van der Waals surface area contributed by atoms with Crippen molar-refractivity contribution >= 4 is 5.91 Å². The molecule has 4 N–H and O–H groups in total. The van der Waals surface area contributed by atoms with Crippen LogP contribution < -0.4 is 11.1 Å². The zero-order chi connectivity index (χ0) is 22.9. The van der Waals surface area contributed by atoms with Gasteiger partial charge in [0.1, 0.15) is 5.82 Å². The lowest BCUT2D eigenvalue weighted by Crippen LogP contribution is -2.57. The molecule has 172 valence electrons. The van der Waals surface area contributed by atoms with E-state index in [1.54, 1.807) is 37.4 Å². The molecule has 1 aliphatic heterocycles. The van der Waals surface area contributed by atoms with Crippen LogP contribution in [0.1, 0.15) is 66.9 Å². The van der Waals surface area contributed by atoms with E-state index in [1.165, 1.54) is 19.0 Å². The van der Waals surface area contributed by atoms with Gasteiger partial charge in [0.15, 0.2) is 0 Å². The summed E-state index contributed by atoms with van der Waals surface area (Å²) in [6.45, 7) is 5.68. The van der Waals surface area contributed by atoms with E-state index >= 15 is 4.39 Å². The van der Waals surface area contributed by atoms with Gasteiger partial charge in [-0.3, -0.25) is 14.7 Å². The Bertz CT molecular complexity index is 952. The number of hydrogen-bond acceptors (Lipinski definition) is 5. The maximum Gasteiger partial charge on any atom is 0.253 e. The molecular formula is C25H33FN4O2. The Balaban J connectivity index is 1.51. The number of amides is 1. The standard InChI is InChI=1S/C25H33FN4O2/c1-16-5-4-10-30(16)15-17-7-8-19(21(26)11-17)20-12-23(22(27)13-25(20,2)32)29-24(31)18-6-3-9-28-14-18/h3,6-9,11,14,16,20,22-23,32H,4-5,10,12-13,15,27H2,1-2H3,(H,29,31)/t16-,20-,22-,23-,25-/m1/s1. The monoisotopic (exact) mass is 440 g/mol. The van der Waals surface area contributed by atoms with Crippen LogP contribution >= 0.6 is 0 Å². The number of nitrogens with two attached hydrogens (primary N) is 1. The molecule has 5 atom stereocenters. The second-order valence-corrected chi connectivity index (χ2v) is 9.65. The van der Waals surface area contributed by atoms with Gasteiger partial charge in [0.2, 0.25) is 0 Å². The number of aliphatic hydroxyl groups is 1. The number of benzene rings is 1. The summed E-state index contributed by atoms with van der Waals surface area (Å²) < 4.78 is 15.2. The van der Waals surface area contributed by atoms with E-state index in [0.29, 0.717) is 23.6 Å². The Morgan fingerprint density at radius 2 is 2.22 bits per heavy atom. The van der Waals surface area contributed by atoms with E-state index in [-0.39, 0.29) is 24.2 Å². The molecule has 1 amide bonds. The first-order valence-corrected chi connectivity index (χ1v) is 11.5. The van der Waals surface area contributed by atoms with E-state index in [4.69, 9.17) is 5.73 Å². The average Bonchev–Trinajstić information content (AvgIpc) is 3.15. The highest BCUT2D eigenvalue weighted by Crippen LogP contribution is 2.41. The molecule has 1 aliphatic carbocycles. The molecule has 2 aliphatic rings. The van der Waals surface area contributed by atoms with Crippen LogP contribution in [0.4, 0.5) is 4.39 Å². The summed E-state index contributed by atoms with van der Waals surface area (Å²) in [4.78, 5) is 19.0. The van der Waals surface area contributed by atoms with Crippen molar-refractivity contribution in [3.05, 3.63) is 65.2 Å². The van der Waals surface area contributed by atoms with E-state index in [1.807, 2.05) is 6.07 Å². The van der Waals surface area contributed by atoms with Gasteiger partial charge in [0, 0.05) is 43.0 Å². The van der Waals surface area contributed by atoms with Gasteiger partial charge in [-0.05, 0) is 75.4 Å². The van der Waals surface area contributed by atoms with Gasteiger partial charge in [0.05, 0.1) is 11.2 Å². The fraction of sp³-hybridized carbons (Fsp3) is 0.520. The molecule has 0 bridgehead atoms. The minimum absolute atomic E-state index is 0.266. The number of carbonyl (C=O) groups is 1. The van der Waals surface area contributed by atoms with E-state index in [2.05, 4.69) is 22.1 Å².